The molecule has 0 saturated heterocycles. The van der Waals surface area contributed by atoms with Gasteiger partial charge in [0.2, 0.25) is 5.91 Å². The average molecular weight is 442 g/mol. The van der Waals surface area contributed by atoms with Crippen molar-refractivity contribution >= 4 is 49.9 Å². The van der Waals surface area contributed by atoms with Gasteiger partial charge in [-0.25, -0.2) is 0 Å². The van der Waals surface area contributed by atoms with Crippen molar-refractivity contribution in [2.75, 3.05) is 11.1 Å². The smallest absolute Gasteiger partial charge is 0.224 e. The number of amides is 1. The number of para-hydroxylation sites is 2. The Hall–Kier alpha value is -2.60. The predicted octanol–water partition coefficient (Wildman–Crippen LogP) is 5.67. The van der Waals surface area contributed by atoms with Crippen LogP contribution in [0.5, 0.6) is 0 Å². The number of rotatable bonds is 9. The first-order valence-corrected chi connectivity index (χ1v) is 10.3. The van der Waals surface area contributed by atoms with Gasteiger partial charge in [-0.3, -0.25) is 9.59 Å². The summed E-state index contributed by atoms with van der Waals surface area (Å²) in [5.74, 6) is 0.0998. The third-order valence-electron chi connectivity index (χ3n) is 4.68. The molecule has 3 aromatic rings. The van der Waals surface area contributed by atoms with Crippen molar-refractivity contribution in [1.82, 2.24) is 4.98 Å². The van der Waals surface area contributed by atoms with E-state index >= 15 is 0 Å². The Labute approximate surface area is 172 Å². The van der Waals surface area contributed by atoms with Gasteiger partial charge in [0.05, 0.1) is 17.1 Å². The van der Waals surface area contributed by atoms with E-state index in [0.717, 1.165) is 41.1 Å². The van der Waals surface area contributed by atoms with Crippen LogP contribution in [0.15, 0.2) is 53.0 Å². The van der Waals surface area contributed by atoms with Crippen molar-refractivity contribution in [2.24, 2.45) is 0 Å². The zero-order valence-corrected chi connectivity index (χ0v) is 17.2. The first kappa shape index (κ1) is 20.1. The molecule has 146 valence electrons. The van der Waals surface area contributed by atoms with E-state index in [9.17, 15) is 9.59 Å². The molecule has 0 unspecified atom stereocenters. The third kappa shape index (κ3) is 5.45. The van der Waals surface area contributed by atoms with Gasteiger partial charge >= 0.3 is 0 Å². The van der Waals surface area contributed by atoms with Gasteiger partial charge in [-0.15, -0.1) is 0 Å². The number of nitrogen functional groups attached to an aromatic ring is 1. The molecule has 4 N–H and O–H groups in total. The number of nitrogens with two attached hydrogens (primary N) is 1. The highest BCUT2D eigenvalue weighted by Crippen LogP contribution is 2.22. The molecule has 1 heterocycles. The van der Waals surface area contributed by atoms with Gasteiger partial charge in [-0.05, 0) is 49.2 Å². The average Bonchev–Trinajstić information content (AvgIpc) is 3.09. The van der Waals surface area contributed by atoms with Crippen molar-refractivity contribution in [1.29, 1.82) is 0 Å². The summed E-state index contributed by atoms with van der Waals surface area (Å²) in [6.45, 7) is 0. The molecule has 0 spiro atoms. The molecule has 3 rings (SSSR count). The van der Waals surface area contributed by atoms with Crippen LogP contribution in [0.1, 0.15) is 49.0 Å². The molecule has 28 heavy (non-hydrogen) atoms. The zero-order valence-electron chi connectivity index (χ0n) is 15.6. The number of carbonyl (C=O) groups is 2. The number of fused-ring (bicyclic) bond motifs is 1. The SMILES string of the molecule is Nc1ccccc1NC(=O)CCCCCCC(=O)c1cc2cc(Br)ccc2[nH]1. The fraction of sp³-hybridized carbons (Fsp3) is 0.273. The van der Waals surface area contributed by atoms with Crippen molar-refractivity contribution in [3.63, 3.8) is 0 Å². The van der Waals surface area contributed by atoms with Gasteiger partial charge in [-0.2, -0.15) is 0 Å². The highest BCUT2D eigenvalue weighted by Gasteiger charge is 2.10. The number of halogens is 1. The molecule has 1 aromatic heterocycles. The predicted molar refractivity (Wildman–Crippen MR) is 118 cm³/mol. The van der Waals surface area contributed by atoms with Crippen LogP contribution in [-0.4, -0.2) is 16.7 Å². The Balaban J connectivity index is 1.34. The molecule has 6 heteroatoms. The van der Waals surface area contributed by atoms with Crippen molar-refractivity contribution in [3.8, 4) is 0 Å². The van der Waals surface area contributed by atoms with E-state index in [1.54, 1.807) is 12.1 Å². The van der Waals surface area contributed by atoms with Gasteiger partial charge < -0.3 is 16.0 Å². The summed E-state index contributed by atoms with van der Waals surface area (Å²) in [5, 5.41) is 3.86. The lowest BCUT2D eigenvalue weighted by Crippen LogP contribution is -2.12. The number of ketones is 1. The number of Topliss-reactive ketones (excluding diaryl/α,β-unsaturated/α-hetero) is 1. The maximum absolute atomic E-state index is 12.4. The molecule has 0 aliphatic rings. The molecule has 2 aromatic carbocycles. The van der Waals surface area contributed by atoms with E-state index < -0.39 is 0 Å². The highest BCUT2D eigenvalue weighted by molar-refractivity contribution is 9.10. The molecule has 0 aliphatic heterocycles. The minimum atomic E-state index is -0.0294. The summed E-state index contributed by atoms with van der Waals surface area (Å²) in [6.07, 6.45) is 4.45. The Morgan fingerprint density at radius 2 is 1.71 bits per heavy atom. The van der Waals surface area contributed by atoms with Crippen LogP contribution < -0.4 is 11.1 Å². The Morgan fingerprint density at radius 1 is 0.964 bits per heavy atom. The summed E-state index contributed by atoms with van der Waals surface area (Å²) in [4.78, 5) is 27.5. The lowest BCUT2D eigenvalue weighted by molar-refractivity contribution is -0.116. The second-order valence-corrected chi connectivity index (χ2v) is 7.80. The van der Waals surface area contributed by atoms with Gasteiger partial charge in [0.1, 0.15) is 0 Å². The molecule has 0 saturated carbocycles. The van der Waals surface area contributed by atoms with Crippen LogP contribution in [0, 0.1) is 0 Å². The van der Waals surface area contributed by atoms with Crippen LogP contribution in [0.25, 0.3) is 10.9 Å². The van der Waals surface area contributed by atoms with Gasteiger partial charge in [0.25, 0.3) is 0 Å². The molecule has 0 fully saturated rings. The summed E-state index contributed by atoms with van der Waals surface area (Å²) in [5.41, 5.74) is 8.67. The molecule has 5 nitrogen and oxygen atoms in total. The Kier molecular flexibility index (Phi) is 6.87. The van der Waals surface area contributed by atoms with Crippen molar-refractivity contribution in [3.05, 3.63) is 58.7 Å². The first-order valence-electron chi connectivity index (χ1n) is 9.49. The number of unbranched alkanes of at least 4 members (excludes halogenated alkanes) is 3. The third-order valence-corrected chi connectivity index (χ3v) is 5.17. The lowest BCUT2D eigenvalue weighted by atomic mass is 10.1. The number of anilines is 2. The minimum absolute atomic E-state index is 0.0294. The molecule has 0 bridgehead atoms. The quantitative estimate of drug-likeness (QED) is 0.227. The number of hydrogen-bond donors (Lipinski definition) is 3. The van der Waals surface area contributed by atoms with Crippen molar-refractivity contribution < 1.29 is 9.59 Å². The Morgan fingerprint density at radius 3 is 2.50 bits per heavy atom. The molecular formula is C22H24BrN3O2. The van der Waals surface area contributed by atoms with Crippen LogP contribution >= 0.6 is 15.9 Å². The van der Waals surface area contributed by atoms with E-state index in [0.29, 0.717) is 29.9 Å². The normalized spacial score (nSPS) is 10.9. The van der Waals surface area contributed by atoms with Crippen molar-refractivity contribution in [2.45, 2.75) is 38.5 Å². The summed E-state index contributed by atoms with van der Waals surface area (Å²) in [7, 11) is 0. The number of H-pyrrole nitrogens is 1. The largest absolute Gasteiger partial charge is 0.397 e. The number of nitrogens with one attached hydrogen (secondary N) is 2. The number of hydrogen-bond acceptors (Lipinski definition) is 3. The molecule has 0 atom stereocenters. The maximum atomic E-state index is 12.4. The van der Waals surface area contributed by atoms with E-state index in [4.69, 9.17) is 5.73 Å². The van der Waals surface area contributed by atoms with Crippen LogP contribution in [-0.2, 0) is 4.79 Å². The van der Waals surface area contributed by atoms with E-state index in [1.807, 2.05) is 36.4 Å². The van der Waals surface area contributed by atoms with Gasteiger partial charge in [0, 0.05) is 28.2 Å². The second kappa shape index (κ2) is 9.55. The molecule has 1 amide bonds. The van der Waals surface area contributed by atoms with E-state index in [-0.39, 0.29) is 11.7 Å². The topological polar surface area (TPSA) is 88.0 Å². The van der Waals surface area contributed by atoms with Gasteiger partial charge in [-0.1, -0.05) is 40.9 Å². The summed E-state index contributed by atoms with van der Waals surface area (Å²) >= 11 is 3.44. The summed E-state index contributed by atoms with van der Waals surface area (Å²) < 4.78 is 0.997. The minimum Gasteiger partial charge on any atom is -0.397 e. The first-order chi connectivity index (χ1) is 13.5. The van der Waals surface area contributed by atoms with E-state index in [1.165, 1.54) is 0 Å². The highest BCUT2D eigenvalue weighted by atomic mass is 79.9. The molecular weight excluding hydrogens is 418 g/mol. The fourth-order valence-corrected chi connectivity index (χ4v) is 3.52. The molecule has 0 aliphatic carbocycles. The standard InChI is InChI=1S/C22H24BrN3O2/c23-16-11-12-18-15(13-16)14-20(25-18)21(27)9-3-1-2-4-10-22(28)26-19-8-6-5-7-17(19)24/h5-8,11-14,25H,1-4,9-10,24H2,(H,26,28). The second-order valence-electron chi connectivity index (χ2n) is 6.89. The lowest BCUT2D eigenvalue weighted by Gasteiger charge is -2.07. The van der Waals surface area contributed by atoms with Crippen LogP contribution in [0.4, 0.5) is 11.4 Å². The number of carbonyl (C=O) groups excluding carboxylic acids is 2. The maximum Gasteiger partial charge on any atom is 0.224 e. The van der Waals surface area contributed by atoms with Crippen LogP contribution in [0.2, 0.25) is 0 Å². The van der Waals surface area contributed by atoms with Gasteiger partial charge in [0.15, 0.2) is 5.78 Å². The number of benzene rings is 2. The Bertz CT molecular complexity index is 981. The van der Waals surface area contributed by atoms with Crippen LogP contribution in [0.3, 0.4) is 0 Å². The van der Waals surface area contributed by atoms with E-state index in [2.05, 4.69) is 26.2 Å². The fourth-order valence-electron chi connectivity index (χ4n) is 3.14. The summed E-state index contributed by atoms with van der Waals surface area (Å²) in [6, 6.07) is 15.1. The monoisotopic (exact) mass is 441 g/mol. The number of aromatic nitrogens is 1. The number of aromatic amines is 1. The molecule has 0 radical (unpaired) electrons. The zero-order chi connectivity index (χ0) is 19.9.